The average molecular weight is 327 g/mol. The van der Waals surface area contributed by atoms with Crippen molar-refractivity contribution in [1.82, 2.24) is 5.32 Å². The average Bonchev–Trinajstić information content (AvgIpc) is 2.49. The number of amides is 1. The van der Waals surface area contributed by atoms with Crippen LogP contribution in [0.1, 0.15) is 57.1 Å². The number of aliphatic hydroxyl groups is 1. The lowest BCUT2D eigenvalue weighted by Crippen LogP contribution is -2.62. The lowest BCUT2D eigenvalue weighted by atomic mass is 9.52. The molecule has 0 heterocycles. The summed E-state index contributed by atoms with van der Waals surface area (Å²) in [6.07, 6.45) is 5.07. The smallest absolute Gasteiger partial charge is 0.230 e. The largest absolute Gasteiger partial charge is 0.390 e. The Balaban J connectivity index is 1.52. The fourth-order valence-electron chi connectivity index (χ4n) is 5.71. The number of hydrogen-bond acceptors (Lipinski definition) is 2. The SMILES string of the molecule is Cc1cccc(C(C)(C)C(=O)N[C@@H]2C3C[C@@H]4C[C@@H]2C[C@](O)(C3)C4)c1. The number of nitrogens with one attached hydrogen (secondary N) is 1. The maximum absolute atomic E-state index is 13.1. The summed E-state index contributed by atoms with van der Waals surface area (Å²) >= 11 is 0. The van der Waals surface area contributed by atoms with Crippen molar-refractivity contribution in [2.45, 2.75) is 69.9 Å². The Kier molecular flexibility index (Phi) is 3.58. The fourth-order valence-corrected chi connectivity index (χ4v) is 5.71. The molecule has 2 N–H and O–H groups in total. The lowest BCUT2D eigenvalue weighted by Gasteiger charge is -2.58. The maximum Gasteiger partial charge on any atom is 0.230 e. The molecule has 3 nitrogen and oxygen atoms in total. The van der Waals surface area contributed by atoms with Crippen LogP contribution < -0.4 is 5.32 Å². The molecule has 0 spiro atoms. The van der Waals surface area contributed by atoms with E-state index in [0.29, 0.717) is 17.8 Å². The molecule has 1 amide bonds. The van der Waals surface area contributed by atoms with Crippen LogP contribution in [0.5, 0.6) is 0 Å². The number of rotatable bonds is 3. The van der Waals surface area contributed by atoms with Crippen LogP contribution in [-0.4, -0.2) is 22.7 Å². The zero-order valence-electron chi connectivity index (χ0n) is 15.0. The molecule has 130 valence electrons. The summed E-state index contributed by atoms with van der Waals surface area (Å²) in [5.41, 5.74) is 1.29. The number of carbonyl (C=O) groups excluding carboxylic acids is 1. The molecule has 0 saturated heterocycles. The minimum atomic E-state index is -0.530. The molecular formula is C21H29NO2. The molecule has 1 aromatic rings. The van der Waals surface area contributed by atoms with Gasteiger partial charge in [-0.1, -0.05) is 29.8 Å². The van der Waals surface area contributed by atoms with Gasteiger partial charge in [0, 0.05) is 6.04 Å². The van der Waals surface area contributed by atoms with E-state index in [4.69, 9.17) is 0 Å². The second-order valence-electron chi connectivity index (χ2n) is 9.19. The standard InChI is InChI=1S/C21H29NO2/c1-13-5-4-6-17(7-13)20(2,3)19(23)22-18-15-8-14-9-16(18)12-21(24,10-14)11-15/h4-7,14-16,18,24H,8-12H2,1-3H3,(H,22,23)/t14-,15+,16?,18-,21-/m0/s1. The summed E-state index contributed by atoms with van der Waals surface area (Å²) in [7, 11) is 0. The molecular weight excluding hydrogens is 298 g/mol. The van der Waals surface area contributed by atoms with E-state index in [0.717, 1.165) is 24.8 Å². The van der Waals surface area contributed by atoms with Crippen molar-refractivity contribution in [3.05, 3.63) is 35.4 Å². The van der Waals surface area contributed by atoms with Crippen LogP contribution in [-0.2, 0) is 10.2 Å². The Bertz CT molecular complexity index is 650. The molecule has 1 aromatic carbocycles. The Hall–Kier alpha value is -1.35. The normalized spacial score (nSPS) is 37.5. The molecule has 4 saturated carbocycles. The Morgan fingerprint density at radius 1 is 1.21 bits per heavy atom. The summed E-state index contributed by atoms with van der Waals surface area (Å²) in [6.45, 7) is 6.09. The van der Waals surface area contributed by atoms with Gasteiger partial charge in [0.2, 0.25) is 5.91 Å². The Morgan fingerprint density at radius 2 is 1.88 bits per heavy atom. The predicted octanol–water partition coefficient (Wildman–Crippen LogP) is 3.33. The Labute approximate surface area is 144 Å². The second-order valence-corrected chi connectivity index (χ2v) is 9.19. The number of hydrogen-bond donors (Lipinski definition) is 2. The van der Waals surface area contributed by atoms with Crippen LogP contribution in [0.15, 0.2) is 24.3 Å². The summed E-state index contributed by atoms with van der Waals surface area (Å²) in [5, 5.41) is 14.1. The van der Waals surface area contributed by atoms with Gasteiger partial charge >= 0.3 is 0 Å². The molecule has 4 bridgehead atoms. The van der Waals surface area contributed by atoms with Gasteiger partial charge in [0.15, 0.2) is 0 Å². The molecule has 0 aliphatic heterocycles. The van der Waals surface area contributed by atoms with Crippen molar-refractivity contribution in [3.63, 3.8) is 0 Å². The number of aryl methyl sites for hydroxylation is 1. The van der Waals surface area contributed by atoms with Crippen LogP contribution in [0.4, 0.5) is 0 Å². The quantitative estimate of drug-likeness (QED) is 0.894. The highest BCUT2D eigenvalue weighted by molar-refractivity contribution is 5.87. The van der Waals surface area contributed by atoms with E-state index in [1.54, 1.807) is 0 Å². The second kappa shape index (κ2) is 5.32. The topological polar surface area (TPSA) is 49.3 Å². The van der Waals surface area contributed by atoms with E-state index in [1.165, 1.54) is 18.4 Å². The summed E-state index contributed by atoms with van der Waals surface area (Å²) < 4.78 is 0. The molecule has 4 fully saturated rings. The molecule has 5 rings (SSSR count). The van der Waals surface area contributed by atoms with E-state index < -0.39 is 11.0 Å². The van der Waals surface area contributed by atoms with Gasteiger partial charge in [0.25, 0.3) is 0 Å². The van der Waals surface area contributed by atoms with Crippen LogP contribution in [0.25, 0.3) is 0 Å². The first-order chi connectivity index (χ1) is 11.3. The van der Waals surface area contributed by atoms with E-state index in [9.17, 15) is 9.90 Å². The molecule has 3 heteroatoms. The molecule has 0 aromatic heterocycles. The molecule has 4 aliphatic carbocycles. The first kappa shape index (κ1) is 16.1. The Morgan fingerprint density at radius 3 is 2.46 bits per heavy atom. The van der Waals surface area contributed by atoms with E-state index in [2.05, 4.69) is 24.4 Å². The summed E-state index contributed by atoms with van der Waals surface area (Å²) in [5.74, 6) is 1.71. The third-order valence-electron chi connectivity index (χ3n) is 6.85. The zero-order valence-corrected chi connectivity index (χ0v) is 15.0. The minimum Gasteiger partial charge on any atom is -0.390 e. The van der Waals surface area contributed by atoms with Gasteiger partial charge < -0.3 is 10.4 Å². The van der Waals surface area contributed by atoms with Crippen molar-refractivity contribution >= 4 is 5.91 Å². The van der Waals surface area contributed by atoms with Crippen LogP contribution in [0.2, 0.25) is 0 Å². The van der Waals surface area contributed by atoms with Crippen molar-refractivity contribution in [3.8, 4) is 0 Å². The highest BCUT2D eigenvalue weighted by Crippen LogP contribution is 2.55. The van der Waals surface area contributed by atoms with E-state index >= 15 is 0 Å². The monoisotopic (exact) mass is 327 g/mol. The first-order valence-corrected chi connectivity index (χ1v) is 9.37. The van der Waals surface area contributed by atoms with Gasteiger partial charge in [-0.05, 0) is 76.2 Å². The van der Waals surface area contributed by atoms with Gasteiger partial charge in [-0.2, -0.15) is 0 Å². The highest BCUT2D eigenvalue weighted by Gasteiger charge is 2.55. The van der Waals surface area contributed by atoms with E-state index in [-0.39, 0.29) is 11.9 Å². The highest BCUT2D eigenvalue weighted by atomic mass is 16.3. The van der Waals surface area contributed by atoms with Crippen LogP contribution >= 0.6 is 0 Å². The molecule has 0 radical (unpaired) electrons. The van der Waals surface area contributed by atoms with Gasteiger partial charge in [-0.3, -0.25) is 4.79 Å². The van der Waals surface area contributed by atoms with Crippen molar-refractivity contribution in [1.29, 1.82) is 0 Å². The van der Waals surface area contributed by atoms with Crippen LogP contribution in [0.3, 0.4) is 0 Å². The van der Waals surface area contributed by atoms with Gasteiger partial charge in [0.05, 0.1) is 11.0 Å². The maximum atomic E-state index is 13.1. The molecule has 24 heavy (non-hydrogen) atoms. The van der Waals surface area contributed by atoms with Gasteiger partial charge in [0.1, 0.15) is 0 Å². The lowest BCUT2D eigenvalue weighted by molar-refractivity contribution is -0.148. The van der Waals surface area contributed by atoms with Gasteiger partial charge in [-0.15, -0.1) is 0 Å². The third kappa shape index (κ3) is 2.57. The van der Waals surface area contributed by atoms with Crippen molar-refractivity contribution in [2.24, 2.45) is 17.8 Å². The fraction of sp³-hybridized carbons (Fsp3) is 0.667. The molecule has 1 unspecified atom stereocenters. The minimum absolute atomic E-state index is 0.123. The van der Waals surface area contributed by atoms with Crippen molar-refractivity contribution in [2.75, 3.05) is 0 Å². The predicted molar refractivity (Wildman–Crippen MR) is 94.6 cm³/mol. The summed E-state index contributed by atoms with van der Waals surface area (Å²) in [6, 6.07) is 8.50. The van der Waals surface area contributed by atoms with E-state index in [1.807, 2.05) is 26.0 Å². The molecule has 5 atom stereocenters. The molecule has 4 aliphatic rings. The number of carbonyl (C=O) groups is 1. The van der Waals surface area contributed by atoms with Crippen LogP contribution in [0, 0.1) is 24.7 Å². The van der Waals surface area contributed by atoms with Crippen molar-refractivity contribution < 1.29 is 9.90 Å². The summed E-state index contributed by atoms with van der Waals surface area (Å²) in [4.78, 5) is 13.1. The zero-order chi connectivity index (χ0) is 17.1. The first-order valence-electron chi connectivity index (χ1n) is 9.37. The number of benzene rings is 1. The third-order valence-corrected chi connectivity index (χ3v) is 6.85. The van der Waals surface area contributed by atoms with Gasteiger partial charge in [-0.25, -0.2) is 0 Å².